The molecule has 0 radical (unpaired) electrons. The number of H-pyrrole nitrogens is 1. The number of nitrogens with two attached hydrogens (primary N) is 2. The lowest BCUT2D eigenvalue weighted by Crippen LogP contribution is -2.24. The van der Waals surface area contributed by atoms with Crippen LogP contribution in [-0.4, -0.2) is 85.2 Å². The van der Waals surface area contributed by atoms with E-state index in [9.17, 15) is 18.8 Å². The molecule has 0 aliphatic carbocycles. The predicted molar refractivity (Wildman–Crippen MR) is 147 cm³/mol. The third-order valence-corrected chi connectivity index (χ3v) is 8.60. The summed E-state index contributed by atoms with van der Waals surface area (Å²) in [6.45, 7) is 1.04. The number of rotatable bonds is 10. The molecule has 6 rings (SSSR count). The summed E-state index contributed by atoms with van der Waals surface area (Å²) < 4.78 is 54.6. The number of hydrogen-bond donors (Lipinski definition) is 6. The van der Waals surface area contributed by atoms with Crippen LogP contribution in [0.4, 0.5) is 11.8 Å². The molecular formula is C21H28N10O11P2. The Kier molecular flexibility index (Phi) is 8.03. The molecule has 7 atom stereocenters. The molecule has 2 aliphatic rings. The van der Waals surface area contributed by atoms with Crippen LogP contribution in [0, 0.1) is 5.92 Å². The van der Waals surface area contributed by atoms with Crippen LogP contribution in [0.1, 0.15) is 32.2 Å². The maximum absolute atomic E-state index is 13.1. The molecule has 0 amide bonds. The average Bonchev–Trinajstić information content (AvgIpc) is 3.71. The van der Waals surface area contributed by atoms with Crippen LogP contribution in [0.5, 0.6) is 0 Å². The molecule has 0 saturated carbocycles. The van der Waals surface area contributed by atoms with Crippen LogP contribution < -0.4 is 17.0 Å². The minimum absolute atomic E-state index is 0.0199. The van der Waals surface area contributed by atoms with Gasteiger partial charge in [0.1, 0.15) is 24.2 Å². The predicted octanol–water partition coefficient (Wildman–Crippen LogP) is -0.0535. The van der Waals surface area contributed by atoms with Crippen molar-refractivity contribution in [2.24, 2.45) is 5.92 Å². The van der Waals surface area contributed by atoms with Crippen LogP contribution in [0.3, 0.4) is 0 Å². The van der Waals surface area contributed by atoms with Crippen molar-refractivity contribution in [1.82, 2.24) is 39.0 Å². The molecular weight excluding hydrogens is 630 g/mol. The molecule has 0 spiro atoms. The highest BCUT2D eigenvalue weighted by Gasteiger charge is 2.44. The first-order chi connectivity index (χ1) is 20.8. The Morgan fingerprint density at radius 1 is 0.955 bits per heavy atom. The zero-order valence-electron chi connectivity index (χ0n) is 22.8. The van der Waals surface area contributed by atoms with Crippen molar-refractivity contribution < 1.29 is 46.9 Å². The van der Waals surface area contributed by atoms with Gasteiger partial charge in [-0.1, -0.05) is 6.92 Å². The van der Waals surface area contributed by atoms with Crippen molar-refractivity contribution in [1.29, 1.82) is 0 Å². The van der Waals surface area contributed by atoms with Gasteiger partial charge in [0.15, 0.2) is 28.9 Å². The summed E-state index contributed by atoms with van der Waals surface area (Å²) in [5, 5.41) is 0. The molecule has 8 N–H and O–H groups in total. The zero-order chi connectivity index (χ0) is 31.4. The fraction of sp³-hybridized carbons (Fsp3) is 0.524. The number of phosphoric acid groups is 2. The summed E-state index contributed by atoms with van der Waals surface area (Å²) in [6, 6.07) is 0. The number of nitrogens with one attached hydrogen (secondary N) is 1. The van der Waals surface area contributed by atoms with Crippen molar-refractivity contribution in [2.75, 3.05) is 24.7 Å². The Balaban J connectivity index is 1.16. The van der Waals surface area contributed by atoms with E-state index in [2.05, 4.69) is 34.4 Å². The summed E-state index contributed by atoms with van der Waals surface area (Å²) in [4.78, 5) is 63.9. The lowest BCUT2D eigenvalue weighted by Gasteiger charge is -2.23. The minimum Gasteiger partial charge on any atom is -0.382 e. The van der Waals surface area contributed by atoms with E-state index >= 15 is 0 Å². The molecule has 2 fully saturated rings. The summed E-state index contributed by atoms with van der Waals surface area (Å²) in [7, 11) is -9.65. The van der Waals surface area contributed by atoms with Gasteiger partial charge >= 0.3 is 15.6 Å². The smallest absolute Gasteiger partial charge is 0.382 e. The van der Waals surface area contributed by atoms with Crippen LogP contribution >= 0.6 is 15.6 Å². The van der Waals surface area contributed by atoms with Crippen LogP contribution in [0.2, 0.25) is 0 Å². The Morgan fingerprint density at radius 2 is 1.61 bits per heavy atom. The average molecular weight is 658 g/mol. The molecule has 2 unspecified atom stereocenters. The number of aromatic amines is 1. The fourth-order valence-corrected chi connectivity index (χ4v) is 6.58. The molecule has 238 valence electrons. The van der Waals surface area contributed by atoms with Crippen molar-refractivity contribution in [3.63, 3.8) is 0 Å². The van der Waals surface area contributed by atoms with Crippen molar-refractivity contribution in [2.45, 2.75) is 50.5 Å². The Bertz CT molecular complexity index is 1840. The SMILES string of the molecule is C[C@H]1C[C@@H](COP(=O)(O)OC2C[C@@H](COP(=O)(O)O)O[C@H]2n2cnc3c(=O)[nH]c(N)nc32)O[C@H]1n1cnc2c(N)ncnc21. The molecule has 4 aromatic heterocycles. The number of fused-ring (bicyclic) bond motifs is 2. The van der Waals surface area contributed by atoms with E-state index in [1.165, 1.54) is 23.5 Å². The second kappa shape index (κ2) is 11.5. The highest BCUT2D eigenvalue weighted by molar-refractivity contribution is 7.47. The monoisotopic (exact) mass is 658 g/mol. The number of imidazole rings is 2. The summed E-state index contributed by atoms with van der Waals surface area (Å²) in [6.07, 6.45) is -0.259. The number of nitrogens with zero attached hydrogens (tertiary/aromatic N) is 7. The highest BCUT2D eigenvalue weighted by atomic mass is 31.2. The highest BCUT2D eigenvalue weighted by Crippen LogP contribution is 2.50. The largest absolute Gasteiger partial charge is 0.472 e. The second-order valence-electron chi connectivity index (χ2n) is 10.3. The van der Waals surface area contributed by atoms with E-state index in [4.69, 9.17) is 39.8 Å². The molecule has 0 bridgehead atoms. The molecule has 21 nitrogen and oxygen atoms in total. The molecule has 2 aliphatic heterocycles. The van der Waals surface area contributed by atoms with Gasteiger partial charge in [0.05, 0.1) is 38.1 Å². The van der Waals surface area contributed by atoms with Gasteiger partial charge in [0, 0.05) is 12.3 Å². The van der Waals surface area contributed by atoms with Gasteiger partial charge in [-0.2, -0.15) is 4.98 Å². The molecule has 4 aromatic rings. The van der Waals surface area contributed by atoms with E-state index in [0.717, 1.165) is 0 Å². The van der Waals surface area contributed by atoms with E-state index in [-0.39, 0.29) is 41.9 Å². The van der Waals surface area contributed by atoms with E-state index in [0.29, 0.717) is 17.6 Å². The Hall–Kier alpha value is -3.36. The minimum atomic E-state index is -4.85. The van der Waals surface area contributed by atoms with E-state index in [1.807, 2.05) is 6.92 Å². The first-order valence-corrected chi connectivity index (χ1v) is 16.1. The first kappa shape index (κ1) is 30.7. The number of aromatic nitrogens is 8. The van der Waals surface area contributed by atoms with Gasteiger partial charge in [-0.25, -0.2) is 29.1 Å². The van der Waals surface area contributed by atoms with Gasteiger partial charge in [0.25, 0.3) is 5.56 Å². The second-order valence-corrected chi connectivity index (χ2v) is 12.9. The summed E-state index contributed by atoms with van der Waals surface area (Å²) in [5.41, 5.74) is 11.7. The van der Waals surface area contributed by atoms with Crippen molar-refractivity contribution in [3.05, 3.63) is 29.3 Å². The van der Waals surface area contributed by atoms with Gasteiger partial charge in [-0.05, 0) is 6.42 Å². The number of hydrogen-bond acceptors (Lipinski definition) is 15. The summed E-state index contributed by atoms with van der Waals surface area (Å²) >= 11 is 0. The molecule has 6 heterocycles. The third-order valence-electron chi connectivity index (χ3n) is 7.11. The van der Waals surface area contributed by atoms with Gasteiger partial charge in [-0.3, -0.25) is 32.5 Å². The number of anilines is 2. The van der Waals surface area contributed by atoms with Gasteiger partial charge in [0.2, 0.25) is 5.95 Å². The number of phosphoric ester groups is 2. The van der Waals surface area contributed by atoms with E-state index < -0.39 is 58.6 Å². The Labute approximate surface area is 246 Å². The normalized spacial score (nSPS) is 27.4. The third kappa shape index (κ3) is 6.24. The van der Waals surface area contributed by atoms with E-state index in [1.54, 1.807) is 4.57 Å². The quantitative estimate of drug-likeness (QED) is 0.122. The van der Waals surface area contributed by atoms with Crippen LogP contribution in [0.15, 0.2) is 23.8 Å². The fourth-order valence-electron chi connectivity index (χ4n) is 5.27. The number of ether oxygens (including phenoxy) is 2. The first-order valence-electron chi connectivity index (χ1n) is 13.1. The standard InChI is InChI=1S/C21H28N10O11P2/c1-9-2-10(40-19(9)30-7-26-13-15(22)24-6-25-16(13)30)5-39-44(36,37)42-12-3-11(4-38-43(33,34)35)41-20(12)31-8-27-14-17(31)28-21(23)29-18(14)32/h6-12,19-20H,2-5H2,1H3,(H,36,37)(H2,22,24,25)(H2,33,34,35)(H3,23,28,29,32)/t9-,10-,11-,12?,19+,20+/m0/s1. The lowest BCUT2D eigenvalue weighted by molar-refractivity contribution is -0.0541. The van der Waals surface area contributed by atoms with Crippen molar-refractivity contribution >= 4 is 49.7 Å². The number of nitrogen functional groups attached to an aromatic ring is 2. The maximum atomic E-state index is 13.1. The van der Waals surface area contributed by atoms with Crippen LogP contribution in [0.25, 0.3) is 22.3 Å². The zero-order valence-corrected chi connectivity index (χ0v) is 24.6. The summed E-state index contributed by atoms with van der Waals surface area (Å²) in [5.74, 6) is -0.0609. The van der Waals surface area contributed by atoms with Gasteiger partial charge in [-0.15, -0.1) is 0 Å². The maximum Gasteiger partial charge on any atom is 0.472 e. The Morgan fingerprint density at radius 3 is 2.36 bits per heavy atom. The lowest BCUT2D eigenvalue weighted by atomic mass is 10.1. The molecule has 2 saturated heterocycles. The topological polar surface area (TPSA) is 300 Å². The van der Waals surface area contributed by atoms with Crippen LogP contribution in [-0.2, 0) is 32.2 Å². The van der Waals surface area contributed by atoms with Crippen molar-refractivity contribution in [3.8, 4) is 0 Å². The van der Waals surface area contributed by atoms with Gasteiger partial charge < -0.3 is 35.6 Å². The molecule has 44 heavy (non-hydrogen) atoms. The molecule has 23 heteroatoms. The molecule has 0 aromatic carbocycles.